The predicted octanol–water partition coefficient (Wildman–Crippen LogP) is 1.59. The van der Waals surface area contributed by atoms with Crippen molar-refractivity contribution in [1.29, 1.82) is 0 Å². The lowest BCUT2D eigenvalue weighted by atomic mass is 10.1. The van der Waals surface area contributed by atoms with Crippen molar-refractivity contribution in [1.82, 2.24) is 14.1 Å². The Morgan fingerprint density at radius 2 is 1.97 bits per heavy atom. The van der Waals surface area contributed by atoms with Crippen molar-refractivity contribution < 1.29 is 14.3 Å². The smallest absolute Gasteiger partial charge is 0.338 e. The largest absolute Gasteiger partial charge is 0.465 e. The number of esters is 1. The van der Waals surface area contributed by atoms with E-state index in [0.717, 1.165) is 13.6 Å². The van der Waals surface area contributed by atoms with E-state index in [1.165, 1.54) is 20.2 Å². The zero-order valence-corrected chi connectivity index (χ0v) is 17.4. The third kappa shape index (κ3) is 3.97. The number of amides is 1. The molecule has 3 aromatic rings. The lowest BCUT2D eigenvalue weighted by molar-refractivity contribution is -0.116. The van der Waals surface area contributed by atoms with Crippen LogP contribution in [-0.4, -0.2) is 33.1 Å². The van der Waals surface area contributed by atoms with Crippen LogP contribution in [0.3, 0.4) is 0 Å². The molecule has 0 aliphatic carbocycles. The van der Waals surface area contributed by atoms with E-state index < -0.39 is 29.7 Å². The second kappa shape index (κ2) is 8.00. The molecule has 0 radical (unpaired) electrons. The average molecular weight is 461 g/mol. The van der Waals surface area contributed by atoms with Gasteiger partial charge >= 0.3 is 11.7 Å². The number of anilines is 1. The van der Waals surface area contributed by atoms with E-state index in [1.54, 1.807) is 31.2 Å². The molecular formula is C19H17BrN4O5. The molecule has 10 heteroatoms. The number of methoxy groups -OCH3 is 1. The summed E-state index contributed by atoms with van der Waals surface area (Å²) < 4.78 is 7.40. The van der Waals surface area contributed by atoms with Crippen LogP contribution in [0.5, 0.6) is 0 Å². The van der Waals surface area contributed by atoms with Crippen LogP contribution >= 0.6 is 15.9 Å². The van der Waals surface area contributed by atoms with Gasteiger partial charge in [0.2, 0.25) is 5.91 Å². The molecule has 1 aromatic carbocycles. The Kier molecular flexibility index (Phi) is 5.64. The number of hydrogen-bond donors (Lipinski definition) is 1. The number of benzene rings is 1. The van der Waals surface area contributed by atoms with Crippen molar-refractivity contribution in [2.75, 3.05) is 12.4 Å². The molecule has 0 saturated carbocycles. The minimum absolute atomic E-state index is 0.0169. The van der Waals surface area contributed by atoms with Gasteiger partial charge in [0.25, 0.3) is 5.56 Å². The minimum Gasteiger partial charge on any atom is -0.465 e. The lowest BCUT2D eigenvalue weighted by Crippen LogP contribution is -2.42. The molecule has 0 aliphatic rings. The van der Waals surface area contributed by atoms with Crippen LogP contribution in [0.1, 0.15) is 16.1 Å². The maximum atomic E-state index is 13.0. The van der Waals surface area contributed by atoms with E-state index in [1.807, 2.05) is 0 Å². The van der Waals surface area contributed by atoms with Crippen molar-refractivity contribution in [3.63, 3.8) is 0 Å². The lowest BCUT2D eigenvalue weighted by Gasteiger charge is -2.13. The summed E-state index contributed by atoms with van der Waals surface area (Å²) >= 11 is 3.30. The van der Waals surface area contributed by atoms with Gasteiger partial charge in [-0.15, -0.1) is 0 Å². The second-order valence-corrected chi connectivity index (χ2v) is 7.21. The first-order valence-corrected chi connectivity index (χ1v) is 9.27. The molecule has 0 aliphatic heterocycles. The summed E-state index contributed by atoms with van der Waals surface area (Å²) in [5.41, 5.74) is -0.540. The zero-order valence-electron chi connectivity index (χ0n) is 15.9. The van der Waals surface area contributed by atoms with Crippen molar-refractivity contribution in [3.8, 4) is 0 Å². The standard InChI is InChI=1S/C19H17BrN4O5/c1-10-7-13(18(27)29-3)15-16(21-10)23(2)19(28)24(17(15)26)9-14(25)22-12-6-4-5-11(20)8-12/h4-8H,9H2,1-3H3,(H,22,25). The van der Waals surface area contributed by atoms with Crippen molar-refractivity contribution in [3.05, 3.63) is 66.9 Å². The Balaban J connectivity index is 2.12. The Bertz CT molecular complexity index is 1260. The van der Waals surface area contributed by atoms with Gasteiger partial charge < -0.3 is 10.1 Å². The Labute approximate surface area is 173 Å². The molecule has 1 N–H and O–H groups in total. The Morgan fingerprint density at radius 3 is 2.62 bits per heavy atom. The van der Waals surface area contributed by atoms with Crippen molar-refractivity contribution >= 4 is 44.5 Å². The molecule has 0 spiro atoms. The topological polar surface area (TPSA) is 112 Å². The fraction of sp³-hybridized carbons (Fsp3) is 0.211. The molecular weight excluding hydrogens is 444 g/mol. The molecule has 0 saturated heterocycles. The first-order chi connectivity index (χ1) is 13.7. The highest BCUT2D eigenvalue weighted by Gasteiger charge is 2.21. The van der Waals surface area contributed by atoms with E-state index >= 15 is 0 Å². The van der Waals surface area contributed by atoms with Crippen molar-refractivity contribution in [2.45, 2.75) is 13.5 Å². The second-order valence-electron chi connectivity index (χ2n) is 6.29. The van der Waals surface area contributed by atoms with E-state index in [9.17, 15) is 19.2 Å². The van der Waals surface area contributed by atoms with Gasteiger partial charge in [-0.2, -0.15) is 0 Å². The average Bonchev–Trinajstić information content (AvgIpc) is 2.68. The molecule has 9 nitrogen and oxygen atoms in total. The number of rotatable bonds is 4. The number of hydrogen-bond acceptors (Lipinski definition) is 6. The molecule has 0 atom stereocenters. The number of carbonyl (C=O) groups is 2. The number of pyridine rings is 1. The van der Waals surface area contributed by atoms with Crippen LogP contribution in [0.15, 0.2) is 44.4 Å². The highest BCUT2D eigenvalue weighted by Crippen LogP contribution is 2.16. The Morgan fingerprint density at radius 1 is 1.24 bits per heavy atom. The third-order valence-electron chi connectivity index (χ3n) is 4.24. The van der Waals surface area contributed by atoms with Crippen LogP contribution in [0, 0.1) is 6.92 Å². The van der Waals surface area contributed by atoms with Crippen LogP contribution in [0.2, 0.25) is 0 Å². The molecule has 1 amide bonds. The minimum atomic E-state index is -0.791. The molecule has 0 unspecified atom stereocenters. The number of ether oxygens (including phenoxy) is 1. The van der Waals surface area contributed by atoms with E-state index in [2.05, 4.69) is 26.2 Å². The highest BCUT2D eigenvalue weighted by molar-refractivity contribution is 9.10. The summed E-state index contributed by atoms with van der Waals surface area (Å²) in [5, 5.41) is 2.54. The molecule has 0 fully saturated rings. The molecule has 0 bridgehead atoms. The summed E-state index contributed by atoms with van der Waals surface area (Å²) in [4.78, 5) is 54.5. The van der Waals surface area contributed by atoms with Crippen LogP contribution < -0.4 is 16.6 Å². The van der Waals surface area contributed by atoms with Crippen LogP contribution in [0.25, 0.3) is 11.0 Å². The molecule has 150 valence electrons. The molecule has 2 heterocycles. The van der Waals surface area contributed by atoms with Gasteiger partial charge in [0.15, 0.2) is 0 Å². The van der Waals surface area contributed by atoms with E-state index in [0.29, 0.717) is 11.4 Å². The number of halogens is 1. The summed E-state index contributed by atoms with van der Waals surface area (Å²) in [6, 6.07) is 8.29. The zero-order chi connectivity index (χ0) is 21.3. The first kappa shape index (κ1) is 20.5. The van der Waals surface area contributed by atoms with Gasteiger partial charge in [-0.25, -0.2) is 14.6 Å². The predicted molar refractivity (Wildman–Crippen MR) is 110 cm³/mol. The quantitative estimate of drug-likeness (QED) is 0.591. The summed E-state index contributed by atoms with van der Waals surface area (Å²) in [7, 11) is 2.61. The number of carbonyl (C=O) groups excluding carboxylic acids is 2. The number of fused-ring (bicyclic) bond motifs is 1. The number of aromatic nitrogens is 3. The summed E-state index contributed by atoms with van der Waals surface area (Å²) in [5.74, 6) is -1.30. The fourth-order valence-corrected chi connectivity index (χ4v) is 3.32. The van der Waals surface area contributed by atoms with E-state index in [-0.39, 0.29) is 16.6 Å². The number of nitrogens with one attached hydrogen (secondary N) is 1. The normalized spacial score (nSPS) is 10.8. The van der Waals surface area contributed by atoms with Crippen molar-refractivity contribution in [2.24, 2.45) is 7.05 Å². The summed E-state index contributed by atoms with van der Waals surface area (Å²) in [6.07, 6.45) is 0. The van der Waals surface area contributed by atoms with Gasteiger partial charge in [-0.1, -0.05) is 22.0 Å². The molecule has 29 heavy (non-hydrogen) atoms. The van der Waals surface area contributed by atoms with Gasteiger partial charge in [-0.05, 0) is 31.2 Å². The van der Waals surface area contributed by atoms with Crippen LogP contribution in [-0.2, 0) is 23.1 Å². The van der Waals surface area contributed by atoms with Gasteiger partial charge in [0.05, 0.1) is 18.1 Å². The van der Waals surface area contributed by atoms with Gasteiger partial charge in [0, 0.05) is 22.9 Å². The van der Waals surface area contributed by atoms with Gasteiger partial charge in [0.1, 0.15) is 12.2 Å². The maximum Gasteiger partial charge on any atom is 0.338 e. The first-order valence-electron chi connectivity index (χ1n) is 8.48. The third-order valence-corrected chi connectivity index (χ3v) is 4.73. The van der Waals surface area contributed by atoms with Gasteiger partial charge in [-0.3, -0.25) is 18.7 Å². The fourth-order valence-electron chi connectivity index (χ4n) is 2.92. The van der Waals surface area contributed by atoms with E-state index in [4.69, 9.17) is 4.74 Å². The monoisotopic (exact) mass is 460 g/mol. The SMILES string of the molecule is COC(=O)c1cc(C)nc2c1c(=O)n(CC(=O)Nc1cccc(Br)c1)c(=O)n2C. The molecule has 2 aromatic heterocycles. The Hall–Kier alpha value is -3.27. The summed E-state index contributed by atoms with van der Waals surface area (Å²) in [6.45, 7) is 1.11. The molecule has 3 rings (SSSR count). The number of nitrogens with zero attached hydrogens (tertiary/aromatic N) is 3. The highest BCUT2D eigenvalue weighted by atomic mass is 79.9. The van der Waals surface area contributed by atoms with Crippen LogP contribution in [0.4, 0.5) is 5.69 Å². The number of aryl methyl sites for hydroxylation is 2. The maximum absolute atomic E-state index is 13.0.